The minimum atomic E-state index is 0.132. The molecule has 0 aromatic heterocycles. The monoisotopic (exact) mass is 231 g/mol. The van der Waals surface area contributed by atoms with E-state index in [9.17, 15) is 4.79 Å². The molecule has 0 spiro atoms. The van der Waals surface area contributed by atoms with E-state index in [0.717, 1.165) is 18.0 Å². The fraction of sp³-hybridized carbons (Fsp3) is 0.800. The van der Waals surface area contributed by atoms with Gasteiger partial charge in [0.1, 0.15) is 0 Å². The number of hydrogen-bond acceptors (Lipinski definition) is 1. The van der Waals surface area contributed by atoms with Crippen molar-refractivity contribution in [3.8, 4) is 0 Å². The number of amides is 1. The van der Waals surface area contributed by atoms with E-state index in [-0.39, 0.29) is 11.4 Å². The van der Waals surface area contributed by atoms with Gasteiger partial charge in [0, 0.05) is 18.0 Å². The minimum Gasteiger partial charge on any atom is -0.332 e. The molecule has 2 nitrogen and oxygen atoms in total. The molecule has 2 heteroatoms. The third-order valence-electron chi connectivity index (χ3n) is 6.49. The zero-order chi connectivity index (χ0) is 11.8. The first-order valence-corrected chi connectivity index (χ1v) is 7.10. The molecule has 4 rings (SSSR count). The summed E-state index contributed by atoms with van der Waals surface area (Å²) in [6, 6.07) is 0. The molecule has 0 unspecified atom stereocenters. The van der Waals surface area contributed by atoms with E-state index >= 15 is 0 Å². The van der Waals surface area contributed by atoms with Crippen LogP contribution in [0.2, 0.25) is 0 Å². The zero-order valence-electron chi connectivity index (χ0n) is 10.7. The highest BCUT2D eigenvalue weighted by atomic mass is 16.2. The summed E-state index contributed by atoms with van der Waals surface area (Å²) in [7, 11) is 0. The second-order valence-electron chi connectivity index (χ2n) is 6.89. The molecule has 0 aromatic rings. The van der Waals surface area contributed by atoms with Crippen molar-refractivity contribution in [2.45, 2.75) is 51.0 Å². The van der Waals surface area contributed by atoms with Gasteiger partial charge >= 0.3 is 0 Å². The summed E-state index contributed by atoms with van der Waals surface area (Å²) < 4.78 is 0. The molecule has 17 heavy (non-hydrogen) atoms. The highest BCUT2D eigenvalue weighted by Crippen LogP contribution is 2.67. The van der Waals surface area contributed by atoms with Crippen molar-refractivity contribution >= 4 is 5.91 Å². The lowest BCUT2D eigenvalue weighted by Crippen LogP contribution is -2.50. The number of nitrogens with zero attached hydrogens (tertiary/aromatic N) is 1. The third kappa shape index (κ3) is 0.903. The number of carbonyl (C=O) groups excluding carboxylic acids is 1. The van der Waals surface area contributed by atoms with Crippen LogP contribution in [0, 0.1) is 17.3 Å². The van der Waals surface area contributed by atoms with Gasteiger partial charge in [-0.25, -0.2) is 0 Å². The molecule has 4 fully saturated rings. The van der Waals surface area contributed by atoms with Crippen molar-refractivity contribution in [2.75, 3.05) is 6.54 Å². The number of rotatable bonds is 0. The van der Waals surface area contributed by atoms with Gasteiger partial charge in [0.2, 0.25) is 5.91 Å². The summed E-state index contributed by atoms with van der Waals surface area (Å²) in [5, 5.41) is 0. The van der Waals surface area contributed by atoms with Gasteiger partial charge in [-0.15, -0.1) is 0 Å². The lowest BCUT2D eigenvalue weighted by atomic mass is 9.53. The maximum atomic E-state index is 12.3. The van der Waals surface area contributed by atoms with Crippen molar-refractivity contribution in [3.63, 3.8) is 0 Å². The molecule has 2 aliphatic heterocycles. The van der Waals surface area contributed by atoms with E-state index in [1.807, 2.05) is 0 Å². The van der Waals surface area contributed by atoms with Crippen LogP contribution in [0.3, 0.4) is 0 Å². The van der Waals surface area contributed by atoms with Crippen LogP contribution >= 0.6 is 0 Å². The predicted octanol–water partition coefficient (Wildman–Crippen LogP) is 2.74. The van der Waals surface area contributed by atoms with Gasteiger partial charge < -0.3 is 4.90 Å². The highest BCUT2D eigenvalue weighted by molar-refractivity contribution is 5.97. The van der Waals surface area contributed by atoms with Crippen LogP contribution in [-0.4, -0.2) is 22.9 Å². The summed E-state index contributed by atoms with van der Waals surface area (Å²) in [6.07, 6.45) is 7.97. The smallest absolute Gasteiger partial charge is 0.250 e. The molecule has 0 N–H and O–H groups in total. The molecule has 2 heterocycles. The van der Waals surface area contributed by atoms with Crippen LogP contribution in [0.4, 0.5) is 0 Å². The first-order chi connectivity index (χ1) is 8.09. The molecule has 0 radical (unpaired) electrons. The van der Waals surface area contributed by atoms with Crippen LogP contribution in [0.5, 0.6) is 0 Å². The maximum absolute atomic E-state index is 12.3. The molecule has 2 saturated heterocycles. The second kappa shape index (κ2) is 2.78. The van der Waals surface area contributed by atoms with Crippen LogP contribution < -0.4 is 0 Å². The number of hydrogen-bond donors (Lipinski definition) is 0. The van der Waals surface area contributed by atoms with Crippen LogP contribution in [0.1, 0.15) is 45.4 Å². The average molecular weight is 231 g/mol. The lowest BCUT2D eigenvalue weighted by Gasteiger charge is -2.50. The fourth-order valence-corrected chi connectivity index (χ4v) is 5.75. The molecule has 2 aliphatic carbocycles. The van der Waals surface area contributed by atoms with Crippen molar-refractivity contribution in [2.24, 2.45) is 17.3 Å². The van der Waals surface area contributed by atoms with Gasteiger partial charge in [-0.3, -0.25) is 4.79 Å². The van der Waals surface area contributed by atoms with Gasteiger partial charge in [-0.05, 0) is 43.9 Å². The molecule has 2 saturated carbocycles. The van der Waals surface area contributed by atoms with Gasteiger partial charge in [0.25, 0.3) is 0 Å². The normalized spacial score (nSPS) is 51.9. The minimum absolute atomic E-state index is 0.132. The zero-order valence-corrected chi connectivity index (χ0v) is 10.7. The molecule has 1 amide bonds. The van der Waals surface area contributed by atoms with Crippen LogP contribution in [0.15, 0.2) is 12.2 Å². The van der Waals surface area contributed by atoms with E-state index in [1.54, 1.807) is 0 Å². The first kappa shape index (κ1) is 10.2. The molecular formula is C15H21NO. The Kier molecular flexibility index (Phi) is 1.66. The lowest BCUT2D eigenvalue weighted by molar-refractivity contribution is -0.127. The summed E-state index contributed by atoms with van der Waals surface area (Å²) >= 11 is 0. The Labute approximate surface area is 103 Å². The Balaban J connectivity index is 1.89. The standard InChI is InChI=1S/C15H21NO/c1-10-11-6-8-15-7-4-3-5-12(15)14(11,2)16(9-15)13(10)17/h11-12H,1,3-9H2,2H3/t11-,12-,14+,15+/m1/s1. The third-order valence-corrected chi connectivity index (χ3v) is 6.49. The quantitative estimate of drug-likeness (QED) is 0.587. The van der Waals surface area contributed by atoms with Gasteiger partial charge in [0.15, 0.2) is 0 Å². The highest BCUT2D eigenvalue weighted by Gasteiger charge is 2.69. The van der Waals surface area contributed by atoms with E-state index in [2.05, 4.69) is 18.4 Å². The van der Waals surface area contributed by atoms with Crippen molar-refractivity contribution < 1.29 is 4.79 Å². The van der Waals surface area contributed by atoms with Crippen molar-refractivity contribution in [1.29, 1.82) is 0 Å². The van der Waals surface area contributed by atoms with Crippen molar-refractivity contribution in [3.05, 3.63) is 12.2 Å². The first-order valence-electron chi connectivity index (χ1n) is 7.10. The summed E-state index contributed by atoms with van der Waals surface area (Å²) in [5.41, 5.74) is 1.53. The van der Waals surface area contributed by atoms with Gasteiger partial charge in [-0.1, -0.05) is 19.4 Å². The maximum Gasteiger partial charge on any atom is 0.250 e. The SMILES string of the molecule is C=C1C(=O)N2C[C@@]34CCCC[C@@H]3[C@]2(C)[C@@H]1CC4. The largest absolute Gasteiger partial charge is 0.332 e. The molecule has 4 aliphatic rings. The van der Waals surface area contributed by atoms with Gasteiger partial charge in [0.05, 0.1) is 5.54 Å². The topological polar surface area (TPSA) is 20.3 Å². The van der Waals surface area contributed by atoms with Crippen molar-refractivity contribution in [1.82, 2.24) is 4.90 Å². The Hall–Kier alpha value is -0.790. The average Bonchev–Trinajstić information content (AvgIpc) is 2.63. The molecular weight excluding hydrogens is 210 g/mol. The summed E-state index contributed by atoms with van der Waals surface area (Å²) in [5.74, 6) is 1.48. The van der Waals surface area contributed by atoms with Crippen LogP contribution in [0.25, 0.3) is 0 Å². The second-order valence-corrected chi connectivity index (χ2v) is 6.89. The van der Waals surface area contributed by atoms with Gasteiger partial charge in [-0.2, -0.15) is 0 Å². The Morgan fingerprint density at radius 2 is 2.12 bits per heavy atom. The Morgan fingerprint density at radius 3 is 2.94 bits per heavy atom. The van der Waals surface area contributed by atoms with E-state index in [4.69, 9.17) is 0 Å². The number of carbonyl (C=O) groups is 1. The Bertz CT molecular complexity index is 429. The Morgan fingerprint density at radius 1 is 1.29 bits per heavy atom. The summed E-state index contributed by atoms with van der Waals surface area (Å²) in [6.45, 7) is 7.47. The molecule has 0 aromatic carbocycles. The molecule has 92 valence electrons. The molecule has 2 bridgehead atoms. The van der Waals surface area contributed by atoms with Crippen LogP contribution in [-0.2, 0) is 4.79 Å². The fourth-order valence-electron chi connectivity index (χ4n) is 5.75. The summed E-state index contributed by atoms with van der Waals surface area (Å²) in [4.78, 5) is 14.6. The predicted molar refractivity (Wildman–Crippen MR) is 66.4 cm³/mol. The van der Waals surface area contributed by atoms with E-state index < -0.39 is 0 Å². The van der Waals surface area contributed by atoms with E-state index in [1.165, 1.54) is 38.5 Å². The molecule has 4 atom stereocenters. The van der Waals surface area contributed by atoms with E-state index in [0.29, 0.717) is 11.3 Å².